The Hall–Kier alpha value is -1.15. The van der Waals surface area contributed by atoms with E-state index >= 15 is 0 Å². The first-order chi connectivity index (χ1) is 8.66. The molecule has 0 aromatic heterocycles. The maximum atomic E-state index is 12.5. The Kier molecular flexibility index (Phi) is 2.98. The lowest BCUT2D eigenvalue weighted by molar-refractivity contribution is -0.130. The van der Waals surface area contributed by atoms with E-state index in [1.165, 1.54) is 5.56 Å². The topological polar surface area (TPSA) is 20.3 Å². The fourth-order valence-electron chi connectivity index (χ4n) is 3.79. The summed E-state index contributed by atoms with van der Waals surface area (Å²) >= 11 is 0. The number of carbonyl (C=O) groups excluding carboxylic acids is 1. The van der Waals surface area contributed by atoms with E-state index < -0.39 is 0 Å². The number of likely N-dealkylation sites (N-methyl/N-ethyl adjacent to an activating group) is 1. The van der Waals surface area contributed by atoms with Crippen LogP contribution in [0.2, 0.25) is 0 Å². The van der Waals surface area contributed by atoms with Gasteiger partial charge in [-0.3, -0.25) is 9.69 Å². The molecule has 2 heteroatoms. The Bertz CT molecular complexity index is 442. The first-order valence-electron chi connectivity index (χ1n) is 6.96. The highest BCUT2D eigenvalue weighted by molar-refractivity contribution is 5.88. The lowest BCUT2D eigenvalue weighted by atomic mass is 9.84. The molecule has 4 atom stereocenters. The zero-order valence-corrected chi connectivity index (χ0v) is 11.2. The van der Waals surface area contributed by atoms with E-state index in [2.05, 4.69) is 43.1 Å². The molecule has 2 heterocycles. The minimum Gasteiger partial charge on any atom is -0.298 e. The summed E-state index contributed by atoms with van der Waals surface area (Å²) in [5.41, 5.74) is 1.30. The second-order valence-electron chi connectivity index (χ2n) is 5.99. The Morgan fingerprint density at radius 2 is 1.94 bits per heavy atom. The van der Waals surface area contributed by atoms with Crippen LogP contribution in [0.3, 0.4) is 0 Å². The standard InChI is InChI=1S/C16H21NO/c1-11-8-15-16(18)13(10-14(11)17(15)2)9-12-6-4-3-5-7-12/h3-7,11,13-15H,8-10H2,1-2H3/t11-,13-,14+,15+/m0/s1. The molecular formula is C16H21NO. The molecule has 18 heavy (non-hydrogen) atoms. The molecule has 0 spiro atoms. The van der Waals surface area contributed by atoms with Gasteiger partial charge in [0.15, 0.2) is 5.78 Å². The number of rotatable bonds is 2. The van der Waals surface area contributed by atoms with Crippen LogP contribution in [0.15, 0.2) is 30.3 Å². The summed E-state index contributed by atoms with van der Waals surface area (Å²) in [4.78, 5) is 14.8. The summed E-state index contributed by atoms with van der Waals surface area (Å²) in [5, 5.41) is 0. The molecule has 2 fully saturated rings. The molecule has 2 bridgehead atoms. The molecule has 0 aliphatic carbocycles. The van der Waals surface area contributed by atoms with Crippen molar-refractivity contribution in [2.45, 2.75) is 38.3 Å². The van der Waals surface area contributed by atoms with Gasteiger partial charge in [0.2, 0.25) is 0 Å². The molecular weight excluding hydrogens is 222 g/mol. The molecule has 1 aromatic carbocycles. The Morgan fingerprint density at radius 1 is 1.22 bits per heavy atom. The van der Waals surface area contributed by atoms with Gasteiger partial charge >= 0.3 is 0 Å². The second kappa shape index (κ2) is 4.51. The zero-order valence-electron chi connectivity index (χ0n) is 11.2. The van der Waals surface area contributed by atoms with Gasteiger partial charge < -0.3 is 0 Å². The Balaban J connectivity index is 1.77. The van der Waals surface area contributed by atoms with Crippen LogP contribution >= 0.6 is 0 Å². The van der Waals surface area contributed by atoms with Crippen molar-refractivity contribution in [2.24, 2.45) is 11.8 Å². The molecule has 1 aromatic rings. The van der Waals surface area contributed by atoms with Gasteiger partial charge in [-0.1, -0.05) is 37.3 Å². The summed E-state index contributed by atoms with van der Waals surface area (Å²) < 4.78 is 0. The van der Waals surface area contributed by atoms with Crippen molar-refractivity contribution in [3.63, 3.8) is 0 Å². The quantitative estimate of drug-likeness (QED) is 0.795. The predicted molar refractivity (Wildman–Crippen MR) is 72.4 cm³/mol. The fourth-order valence-corrected chi connectivity index (χ4v) is 3.79. The molecule has 2 aliphatic heterocycles. The number of ketones is 1. The third-order valence-corrected chi connectivity index (χ3v) is 4.85. The average molecular weight is 243 g/mol. The number of hydrogen-bond acceptors (Lipinski definition) is 2. The first kappa shape index (κ1) is 11.9. The van der Waals surface area contributed by atoms with Gasteiger partial charge in [0.25, 0.3) is 0 Å². The van der Waals surface area contributed by atoms with Crippen LogP contribution in [-0.4, -0.2) is 29.8 Å². The largest absolute Gasteiger partial charge is 0.298 e. The van der Waals surface area contributed by atoms with E-state index in [0.717, 1.165) is 19.3 Å². The second-order valence-corrected chi connectivity index (χ2v) is 5.99. The highest BCUT2D eigenvalue weighted by Crippen LogP contribution is 2.39. The van der Waals surface area contributed by atoms with Crippen LogP contribution in [0.1, 0.15) is 25.3 Å². The van der Waals surface area contributed by atoms with Crippen molar-refractivity contribution in [3.05, 3.63) is 35.9 Å². The van der Waals surface area contributed by atoms with E-state index in [1.54, 1.807) is 0 Å². The van der Waals surface area contributed by atoms with E-state index in [1.807, 2.05) is 6.07 Å². The number of fused-ring (bicyclic) bond motifs is 2. The molecule has 96 valence electrons. The number of nitrogens with zero attached hydrogens (tertiary/aromatic N) is 1. The lowest BCUT2D eigenvalue weighted by Gasteiger charge is -2.36. The van der Waals surface area contributed by atoms with E-state index in [9.17, 15) is 4.79 Å². The van der Waals surface area contributed by atoms with Crippen molar-refractivity contribution >= 4 is 5.78 Å². The minimum atomic E-state index is 0.187. The van der Waals surface area contributed by atoms with Crippen molar-refractivity contribution in [1.82, 2.24) is 4.90 Å². The Morgan fingerprint density at radius 3 is 2.67 bits per heavy atom. The van der Waals surface area contributed by atoms with Crippen LogP contribution in [0.5, 0.6) is 0 Å². The monoisotopic (exact) mass is 243 g/mol. The average Bonchev–Trinajstić information content (AvgIpc) is 2.58. The van der Waals surface area contributed by atoms with E-state index in [4.69, 9.17) is 0 Å². The normalized spacial score (nSPS) is 36.0. The van der Waals surface area contributed by atoms with Gasteiger partial charge in [0, 0.05) is 12.0 Å². The SMILES string of the molecule is C[C@H]1C[C@@H]2C(=O)[C@@H](Cc3ccccc3)C[C@H]1N2C. The molecule has 2 aliphatic rings. The third-order valence-electron chi connectivity index (χ3n) is 4.85. The molecule has 0 saturated carbocycles. The van der Waals surface area contributed by atoms with E-state index in [0.29, 0.717) is 17.7 Å². The van der Waals surface area contributed by atoms with Crippen LogP contribution in [0.4, 0.5) is 0 Å². The molecule has 0 radical (unpaired) electrons. The molecule has 2 nitrogen and oxygen atoms in total. The maximum absolute atomic E-state index is 12.5. The van der Waals surface area contributed by atoms with Crippen LogP contribution in [0.25, 0.3) is 0 Å². The summed E-state index contributed by atoms with van der Waals surface area (Å²) in [6.45, 7) is 2.29. The Labute approximate surface area is 109 Å². The molecule has 2 saturated heterocycles. The summed E-state index contributed by atoms with van der Waals surface area (Å²) in [5.74, 6) is 1.38. The van der Waals surface area contributed by atoms with Gasteiger partial charge in [0.1, 0.15) is 0 Å². The predicted octanol–water partition coefficient (Wildman–Crippen LogP) is 2.53. The van der Waals surface area contributed by atoms with Crippen molar-refractivity contribution in [1.29, 1.82) is 0 Å². The first-order valence-corrected chi connectivity index (χ1v) is 6.96. The highest BCUT2D eigenvalue weighted by Gasteiger charge is 2.47. The van der Waals surface area contributed by atoms with Crippen LogP contribution in [-0.2, 0) is 11.2 Å². The van der Waals surface area contributed by atoms with Gasteiger partial charge in [-0.2, -0.15) is 0 Å². The summed E-state index contributed by atoms with van der Waals surface area (Å²) in [6.07, 6.45) is 3.03. The van der Waals surface area contributed by atoms with Crippen LogP contribution in [0, 0.1) is 11.8 Å². The molecule has 0 amide bonds. The summed E-state index contributed by atoms with van der Waals surface area (Å²) in [6, 6.07) is 11.2. The van der Waals surface area contributed by atoms with Gasteiger partial charge in [-0.05, 0) is 37.8 Å². The van der Waals surface area contributed by atoms with Gasteiger partial charge in [-0.25, -0.2) is 0 Å². The number of Topliss-reactive ketones (excluding diaryl/α,β-unsaturated/α-hetero) is 1. The maximum Gasteiger partial charge on any atom is 0.153 e. The molecule has 3 rings (SSSR count). The van der Waals surface area contributed by atoms with Crippen molar-refractivity contribution in [2.75, 3.05) is 7.05 Å². The number of piperidine rings is 1. The molecule has 0 unspecified atom stereocenters. The molecule has 0 N–H and O–H groups in total. The third kappa shape index (κ3) is 1.89. The minimum absolute atomic E-state index is 0.187. The highest BCUT2D eigenvalue weighted by atomic mass is 16.1. The van der Waals surface area contributed by atoms with Crippen LogP contribution < -0.4 is 0 Å². The lowest BCUT2D eigenvalue weighted by Crippen LogP contribution is -2.48. The number of benzene rings is 1. The number of hydrogen-bond donors (Lipinski definition) is 0. The van der Waals surface area contributed by atoms with Gasteiger partial charge in [-0.15, -0.1) is 0 Å². The summed E-state index contributed by atoms with van der Waals surface area (Å²) in [7, 11) is 2.12. The smallest absolute Gasteiger partial charge is 0.153 e. The number of carbonyl (C=O) groups is 1. The van der Waals surface area contributed by atoms with Crippen molar-refractivity contribution in [3.8, 4) is 0 Å². The zero-order chi connectivity index (χ0) is 12.7. The fraction of sp³-hybridized carbons (Fsp3) is 0.562. The van der Waals surface area contributed by atoms with Gasteiger partial charge in [0.05, 0.1) is 6.04 Å². The van der Waals surface area contributed by atoms with Crippen molar-refractivity contribution < 1.29 is 4.79 Å². The van der Waals surface area contributed by atoms with E-state index in [-0.39, 0.29) is 12.0 Å².